The molecule has 4 rings (SSSR count). The van der Waals surface area contributed by atoms with Crippen LogP contribution in [-0.4, -0.2) is 31.0 Å². The van der Waals surface area contributed by atoms with Gasteiger partial charge in [-0.15, -0.1) is 0 Å². The van der Waals surface area contributed by atoms with Crippen LogP contribution in [0.15, 0.2) is 70.7 Å². The Morgan fingerprint density at radius 2 is 1.97 bits per heavy atom. The molecule has 7 heteroatoms. The molecule has 0 amide bonds. The summed E-state index contributed by atoms with van der Waals surface area (Å²) in [6.07, 6.45) is 5.71. The Morgan fingerprint density at radius 3 is 2.74 bits per heavy atom. The molecule has 31 heavy (non-hydrogen) atoms. The van der Waals surface area contributed by atoms with E-state index in [4.69, 9.17) is 0 Å². The summed E-state index contributed by atoms with van der Waals surface area (Å²) in [5.41, 5.74) is 3.73. The summed E-state index contributed by atoms with van der Waals surface area (Å²) in [6.45, 7) is 2.43. The number of aromatic carboxylic acids is 1. The van der Waals surface area contributed by atoms with Gasteiger partial charge in [0.2, 0.25) is 9.84 Å². The number of aryl methyl sites for hydroxylation is 2. The highest BCUT2D eigenvalue weighted by Crippen LogP contribution is 2.34. The molecule has 0 spiro atoms. The molecule has 0 radical (unpaired) electrons. The molecule has 0 unspecified atom stereocenters. The number of aromatic nitrogens is 1. The van der Waals surface area contributed by atoms with E-state index in [1.54, 1.807) is 30.3 Å². The summed E-state index contributed by atoms with van der Waals surface area (Å²) in [5, 5.41) is 12.6. The number of carboxylic acids is 1. The molecule has 1 aliphatic carbocycles. The molecule has 1 aromatic heterocycles. The van der Waals surface area contributed by atoms with Crippen LogP contribution >= 0.6 is 0 Å². The first kappa shape index (κ1) is 21.1. The van der Waals surface area contributed by atoms with Crippen LogP contribution in [0.5, 0.6) is 0 Å². The number of nitrogens with one attached hydrogen (secondary N) is 1. The highest BCUT2D eigenvalue weighted by Gasteiger charge is 2.24. The summed E-state index contributed by atoms with van der Waals surface area (Å²) in [7, 11) is -3.57. The van der Waals surface area contributed by atoms with E-state index < -0.39 is 15.8 Å². The lowest BCUT2D eigenvalue weighted by Crippen LogP contribution is -2.19. The van der Waals surface area contributed by atoms with Crippen molar-refractivity contribution in [3.63, 3.8) is 0 Å². The first-order valence-corrected chi connectivity index (χ1v) is 11.7. The number of hydrogen-bond donors (Lipinski definition) is 2. The minimum atomic E-state index is -3.57. The maximum absolute atomic E-state index is 13.1. The predicted octanol–water partition coefficient (Wildman–Crippen LogP) is 4.45. The van der Waals surface area contributed by atoms with Gasteiger partial charge in [0.25, 0.3) is 0 Å². The molecular formula is C24H24N2O4S. The maximum atomic E-state index is 13.1. The average Bonchev–Trinajstić information content (AvgIpc) is 2.77. The number of sulfone groups is 1. The second kappa shape index (κ2) is 8.51. The molecule has 3 aromatic rings. The Morgan fingerprint density at radius 1 is 1.16 bits per heavy atom. The molecule has 0 fully saturated rings. The monoisotopic (exact) mass is 436 g/mol. The van der Waals surface area contributed by atoms with Crippen molar-refractivity contribution in [2.75, 3.05) is 11.9 Å². The van der Waals surface area contributed by atoms with E-state index in [-0.39, 0.29) is 11.5 Å². The highest BCUT2D eigenvalue weighted by molar-refractivity contribution is 7.91. The first-order valence-electron chi connectivity index (χ1n) is 10.2. The second-order valence-electron chi connectivity index (χ2n) is 7.88. The van der Waals surface area contributed by atoms with Crippen LogP contribution in [-0.2, 0) is 16.3 Å². The minimum Gasteiger partial charge on any atom is -0.478 e. The van der Waals surface area contributed by atoms with E-state index in [0.29, 0.717) is 22.0 Å². The number of carboxylic acid groups (broad SMARTS) is 1. The SMILES string of the molecule is Cc1cccc(S(=O)(=O)c2ccc3c(c2)CCC[C@H]3CNc2cnccc2C(=O)O)c1. The normalized spacial score (nSPS) is 15.8. The zero-order valence-corrected chi connectivity index (χ0v) is 18.0. The van der Waals surface area contributed by atoms with E-state index in [9.17, 15) is 18.3 Å². The Hall–Kier alpha value is -3.19. The number of fused-ring (bicyclic) bond motifs is 1. The fourth-order valence-corrected chi connectivity index (χ4v) is 5.56. The molecular weight excluding hydrogens is 412 g/mol. The summed E-state index contributed by atoms with van der Waals surface area (Å²) in [6, 6.07) is 13.8. The summed E-state index contributed by atoms with van der Waals surface area (Å²) in [5.74, 6) is -0.832. The minimum absolute atomic E-state index is 0.168. The lowest BCUT2D eigenvalue weighted by Gasteiger charge is -2.27. The van der Waals surface area contributed by atoms with Crippen LogP contribution in [0.2, 0.25) is 0 Å². The van der Waals surface area contributed by atoms with Crippen molar-refractivity contribution in [1.29, 1.82) is 0 Å². The van der Waals surface area contributed by atoms with Gasteiger partial charge in [0.15, 0.2) is 0 Å². The summed E-state index contributed by atoms with van der Waals surface area (Å²) < 4.78 is 26.2. The van der Waals surface area contributed by atoms with Crippen molar-refractivity contribution in [2.45, 2.75) is 41.9 Å². The van der Waals surface area contributed by atoms with Crippen LogP contribution in [0, 0.1) is 6.92 Å². The molecule has 1 heterocycles. The lowest BCUT2D eigenvalue weighted by atomic mass is 9.83. The van der Waals surface area contributed by atoms with E-state index in [2.05, 4.69) is 10.3 Å². The van der Waals surface area contributed by atoms with E-state index in [0.717, 1.165) is 36.0 Å². The van der Waals surface area contributed by atoms with Gasteiger partial charge in [-0.1, -0.05) is 18.2 Å². The molecule has 1 aliphatic rings. The van der Waals surface area contributed by atoms with Crippen LogP contribution < -0.4 is 5.32 Å². The zero-order valence-electron chi connectivity index (χ0n) is 17.2. The molecule has 1 atom stereocenters. The zero-order chi connectivity index (χ0) is 22.0. The van der Waals surface area contributed by atoms with Crippen molar-refractivity contribution in [3.05, 3.63) is 83.2 Å². The van der Waals surface area contributed by atoms with Crippen molar-refractivity contribution in [2.24, 2.45) is 0 Å². The van der Waals surface area contributed by atoms with Crippen molar-refractivity contribution >= 4 is 21.5 Å². The van der Waals surface area contributed by atoms with Crippen LogP contribution in [0.1, 0.15) is 45.8 Å². The molecule has 0 saturated heterocycles. The number of anilines is 1. The maximum Gasteiger partial charge on any atom is 0.337 e. The van der Waals surface area contributed by atoms with Gasteiger partial charge in [-0.05, 0) is 73.2 Å². The Balaban J connectivity index is 1.59. The lowest BCUT2D eigenvalue weighted by molar-refractivity contribution is 0.0697. The number of rotatable bonds is 6. The molecule has 2 N–H and O–H groups in total. The van der Waals surface area contributed by atoms with Crippen molar-refractivity contribution < 1.29 is 18.3 Å². The van der Waals surface area contributed by atoms with Crippen LogP contribution in [0.3, 0.4) is 0 Å². The molecule has 6 nitrogen and oxygen atoms in total. The van der Waals surface area contributed by atoms with Crippen molar-refractivity contribution in [3.8, 4) is 0 Å². The number of hydrogen-bond acceptors (Lipinski definition) is 5. The summed E-state index contributed by atoms with van der Waals surface area (Å²) in [4.78, 5) is 16.0. The number of pyridine rings is 1. The highest BCUT2D eigenvalue weighted by atomic mass is 32.2. The van der Waals surface area contributed by atoms with Crippen LogP contribution in [0.4, 0.5) is 5.69 Å². The summed E-state index contributed by atoms with van der Waals surface area (Å²) >= 11 is 0. The molecule has 2 aromatic carbocycles. The van der Waals surface area contributed by atoms with Gasteiger partial charge >= 0.3 is 5.97 Å². The molecule has 0 bridgehead atoms. The number of carbonyl (C=O) groups is 1. The van der Waals surface area contributed by atoms with E-state index in [1.165, 1.54) is 18.5 Å². The number of nitrogens with zero attached hydrogens (tertiary/aromatic N) is 1. The Kier molecular flexibility index (Phi) is 5.78. The van der Waals surface area contributed by atoms with Crippen molar-refractivity contribution in [1.82, 2.24) is 4.98 Å². The number of benzene rings is 2. The molecule has 0 saturated carbocycles. The molecule has 0 aliphatic heterocycles. The average molecular weight is 437 g/mol. The van der Waals surface area contributed by atoms with Gasteiger partial charge in [-0.2, -0.15) is 0 Å². The smallest absolute Gasteiger partial charge is 0.337 e. The van der Waals surface area contributed by atoms with Gasteiger partial charge < -0.3 is 10.4 Å². The Bertz CT molecular complexity index is 1240. The second-order valence-corrected chi connectivity index (χ2v) is 9.83. The van der Waals surface area contributed by atoms with E-state index in [1.807, 2.05) is 19.1 Å². The fourth-order valence-electron chi connectivity index (χ4n) is 4.14. The fraction of sp³-hybridized carbons (Fsp3) is 0.250. The third-order valence-corrected chi connectivity index (χ3v) is 7.50. The van der Waals surface area contributed by atoms with Gasteiger partial charge in [-0.3, -0.25) is 4.98 Å². The van der Waals surface area contributed by atoms with Gasteiger partial charge in [-0.25, -0.2) is 13.2 Å². The van der Waals surface area contributed by atoms with Gasteiger partial charge in [0, 0.05) is 18.7 Å². The topological polar surface area (TPSA) is 96.4 Å². The standard InChI is InChI=1S/C24H24N2O4S/c1-16-4-2-7-19(12-16)31(29,30)20-8-9-21-17(13-20)5-3-6-18(21)14-26-23-15-25-11-10-22(23)24(27)28/h2,4,7-13,15,18,26H,3,5-6,14H2,1H3,(H,27,28)/t18-/m0/s1. The Labute approximate surface area is 181 Å². The van der Waals surface area contributed by atoms with E-state index >= 15 is 0 Å². The first-order chi connectivity index (χ1) is 14.9. The van der Waals surface area contributed by atoms with Crippen LogP contribution in [0.25, 0.3) is 0 Å². The van der Waals surface area contributed by atoms with Gasteiger partial charge in [0.05, 0.1) is 27.2 Å². The third-order valence-electron chi connectivity index (χ3n) is 5.75. The third kappa shape index (κ3) is 4.32. The predicted molar refractivity (Wildman–Crippen MR) is 118 cm³/mol. The van der Waals surface area contributed by atoms with Gasteiger partial charge in [0.1, 0.15) is 0 Å². The quantitative estimate of drug-likeness (QED) is 0.593. The molecule has 160 valence electrons. The largest absolute Gasteiger partial charge is 0.478 e.